The van der Waals surface area contributed by atoms with Gasteiger partial charge in [-0.05, 0) is 24.4 Å². The van der Waals surface area contributed by atoms with Gasteiger partial charge < -0.3 is 4.90 Å². The van der Waals surface area contributed by atoms with E-state index in [1.807, 2.05) is 10.9 Å². The van der Waals surface area contributed by atoms with Gasteiger partial charge in [0.25, 0.3) is 0 Å². The third-order valence-corrected chi connectivity index (χ3v) is 2.77. The summed E-state index contributed by atoms with van der Waals surface area (Å²) in [6, 6.07) is 0.352. The van der Waals surface area contributed by atoms with Gasteiger partial charge in [0, 0.05) is 19.3 Å². The van der Waals surface area contributed by atoms with Crippen LogP contribution in [0.3, 0.4) is 0 Å². The van der Waals surface area contributed by atoms with Crippen LogP contribution in [0.25, 0.3) is 0 Å². The van der Waals surface area contributed by atoms with Crippen molar-refractivity contribution in [2.45, 2.75) is 18.9 Å². The van der Waals surface area contributed by atoms with E-state index in [2.05, 4.69) is 10.3 Å². The summed E-state index contributed by atoms with van der Waals surface area (Å²) in [4.78, 5) is 12.5. The fourth-order valence-corrected chi connectivity index (χ4v) is 1.89. The molecule has 0 bridgehead atoms. The first-order valence-corrected chi connectivity index (χ1v) is 4.95. The van der Waals surface area contributed by atoms with Crippen LogP contribution >= 0.6 is 11.6 Å². The maximum absolute atomic E-state index is 10.8. The van der Waals surface area contributed by atoms with Gasteiger partial charge in [-0.1, -0.05) is 5.21 Å². The van der Waals surface area contributed by atoms with Crippen molar-refractivity contribution in [1.82, 2.24) is 19.9 Å². The lowest BCUT2D eigenvalue weighted by Gasteiger charge is -2.30. The molecule has 1 aromatic heterocycles. The lowest BCUT2D eigenvalue weighted by atomic mass is 10.1. The van der Waals surface area contributed by atoms with Crippen LogP contribution in [0.15, 0.2) is 12.4 Å². The van der Waals surface area contributed by atoms with Crippen molar-refractivity contribution in [3.63, 3.8) is 0 Å². The first-order valence-electron chi connectivity index (χ1n) is 4.57. The van der Waals surface area contributed by atoms with Gasteiger partial charge in [-0.2, -0.15) is 0 Å². The molecule has 0 aliphatic carbocycles. The molecule has 14 heavy (non-hydrogen) atoms. The van der Waals surface area contributed by atoms with Crippen LogP contribution in [0.1, 0.15) is 18.9 Å². The molecule has 2 heterocycles. The Morgan fingerprint density at radius 1 is 1.43 bits per heavy atom. The van der Waals surface area contributed by atoms with E-state index in [1.54, 1.807) is 11.1 Å². The van der Waals surface area contributed by atoms with Crippen molar-refractivity contribution in [2.24, 2.45) is 0 Å². The van der Waals surface area contributed by atoms with Gasteiger partial charge in [0.15, 0.2) is 0 Å². The second kappa shape index (κ2) is 3.96. The van der Waals surface area contributed by atoms with Crippen molar-refractivity contribution in [3.8, 4) is 0 Å². The van der Waals surface area contributed by atoms with Crippen LogP contribution in [0.2, 0.25) is 0 Å². The number of nitrogens with zero attached hydrogens (tertiary/aromatic N) is 4. The SMILES string of the molecule is O=C(Cl)N1CCC(n2ccnn2)CC1. The standard InChI is InChI=1S/C8H11ClN4O/c9-8(14)12-4-1-7(2-5-12)13-6-3-10-11-13/h3,6-7H,1-2,4-5H2. The Hall–Kier alpha value is -1.10. The number of likely N-dealkylation sites (tertiary alicyclic amines) is 1. The second-order valence-electron chi connectivity index (χ2n) is 3.35. The van der Waals surface area contributed by atoms with Gasteiger partial charge in [0.1, 0.15) is 0 Å². The molecular weight excluding hydrogens is 204 g/mol. The number of carbonyl (C=O) groups is 1. The van der Waals surface area contributed by atoms with E-state index in [0.717, 1.165) is 12.8 Å². The van der Waals surface area contributed by atoms with Crippen LogP contribution in [-0.4, -0.2) is 38.3 Å². The summed E-state index contributed by atoms with van der Waals surface area (Å²) in [5.74, 6) is 0. The Kier molecular flexibility index (Phi) is 2.67. The number of piperidine rings is 1. The molecule has 0 N–H and O–H groups in total. The summed E-state index contributed by atoms with van der Waals surface area (Å²) in [7, 11) is 0. The normalized spacial score (nSPS) is 18.5. The van der Waals surface area contributed by atoms with Gasteiger partial charge >= 0.3 is 5.37 Å². The van der Waals surface area contributed by atoms with Crippen LogP contribution in [0.4, 0.5) is 4.79 Å². The Bertz CT molecular complexity index is 305. The topological polar surface area (TPSA) is 51.0 Å². The molecule has 76 valence electrons. The number of carbonyl (C=O) groups excluding carboxylic acids is 1. The van der Waals surface area contributed by atoms with E-state index >= 15 is 0 Å². The molecule has 0 spiro atoms. The Morgan fingerprint density at radius 2 is 2.14 bits per heavy atom. The first-order chi connectivity index (χ1) is 6.77. The molecule has 0 atom stereocenters. The van der Waals surface area contributed by atoms with Gasteiger partial charge in [-0.25, -0.2) is 4.68 Å². The molecule has 1 aliphatic rings. The molecule has 1 aromatic rings. The molecule has 1 fully saturated rings. The molecule has 0 radical (unpaired) electrons. The monoisotopic (exact) mass is 214 g/mol. The van der Waals surface area contributed by atoms with Crippen molar-refractivity contribution in [2.75, 3.05) is 13.1 Å². The highest BCUT2D eigenvalue weighted by Crippen LogP contribution is 2.21. The zero-order valence-electron chi connectivity index (χ0n) is 7.64. The first kappa shape index (κ1) is 9.45. The van der Waals surface area contributed by atoms with Gasteiger partial charge in [0.2, 0.25) is 0 Å². The summed E-state index contributed by atoms with van der Waals surface area (Å²) < 4.78 is 1.84. The van der Waals surface area contributed by atoms with Gasteiger partial charge in [-0.15, -0.1) is 5.10 Å². The van der Waals surface area contributed by atoms with E-state index in [-0.39, 0.29) is 5.37 Å². The second-order valence-corrected chi connectivity index (χ2v) is 3.68. The highest BCUT2D eigenvalue weighted by Gasteiger charge is 2.22. The summed E-state index contributed by atoms with van der Waals surface area (Å²) >= 11 is 5.38. The Balaban J connectivity index is 1.93. The number of hydrogen-bond donors (Lipinski definition) is 0. The molecule has 5 nitrogen and oxygen atoms in total. The van der Waals surface area contributed by atoms with Crippen LogP contribution < -0.4 is 0 Å². The molecule has 0 unspecified atom stereocenters. The van der Waals surface area contributed by atoms with Gasteiger partial charge in [-0.3, -0.25) is 4.79 Å². The van der Waals surface area contributed by atoms with Crippen LogP contribution in [0, 0.1) is 0 Å². The molecule has 6 heteroatoms. The largest absolute Gasteiger partial charge is 0.329 e. The zero-order chi connectivity index (χ0) is 9.97. The number of amides is 1. The van der Waals surface area contributed by atoms with Crippen molar-refractivity contribution in [3.05, 3.63) is 12.4 Å². The van der Waals surface area contributed by atoms with E-state index in [9.17, 15) is 4.79 Å². The number of rotatable bonds is 1. The average Bonchev–Trinajstić information content (AvgIpc) is 2.71. The minimum Gasteiger partial charge on any atom is -0.329 e. The summed E-state index contributed by atoms with van der Waals surface area (Å²) in [5, 5.41) is 7.34. The van der Waals surface area contributed by atoms with E-state index in [0.29, 0.717) is 19.1 Å². The highest BCUT2D eigenvalue weighted by atomic mass is 35.5. The fourth-order valence-electron chi connectivity index (χ4n) is 1.72. The van der Waals surface area contributed by atoms with Crippen LogP contribution in [0.5, 0.6) is 0 Å². The predicted octanol–water partition coefficient (Wildman–Crippen LogP) is 1.27. The fraction of sp³-hybridized carbons (Fsp3) is 0.625. The lowest BCUT2D eigenvalue weighted by molar-refractivity contribution is 0.188. The van der Waals surface area contributed by atoms with Gasteiger partial charge in [0.05, 0.1) is 12.2 Å². The molecule has 1 amide bonds. The Labute approximate surface area is 86.6 Å². The lowest BCUT2D eigenvalue weighted by Crippen LogP contribution is -2.36. The highest BCUT2D eigenvalue weighted by molar-refractivity contribution is 6.62. The summed E-state index contributed by atoms with van der Waals surface area (Å²) in [6.07, 6.45) is 5.30. The molecule has 0 saturated carbocycles. The molecule has 1 aliphatic heterocycles. The van der Waals surface area contributed by atoms with E-state index < -0.39 is 0 Å². The number of hydrogen-bond acceptors (Lipinski definition) is 3. The average molecular weight is 215 g/mol. The molecule has 0 aromatic carbocycles. The van der Waals surface area contributed by atoms with E-state index in [1.165, 1.54) is 0 Å². The summed E-state index contributed by atoms with van der Waals surface area (Å²) in [6.45, 7) is 1.40. The molecule has 1 saturated heterocycles. The smallest absolute Gasteiger partial charge is 0.316 e. The zero-order valence-corrected chi connectivity index (χ0v) is 8.39. The number of aromatic nitrogens is 3. The molecule has 2 rings (SSSR count). The third-order valence-electron chi connectivity index (χ3n) is 2.53. The third kappa shape index (κ3) is 1.87. The minimum atomic E-state index is -0.359. The summed E-state index contributed by atoms with van der Waals surface area (Å²) in [5.41, 5.74) is 0. The predicted molar refractivity (Wildman–Crippen MR) is 51.1 cm³/mol. The van der Waals surface area contributed by atoms with Crippen molar-refractivity contribution in [1.29, 1.82) is 0 Å². The van der Waals surface area contributed by atoms with Crippen molar-refractivity contribution < 1.29 is 4.79 Å². The molecular formula is C8H11ClN4O. The quantitative estimate of drug-likeness (QED) is 0.523. The maximum Gasteiger partial charge on any atom is 0.316 e. The Morgan fingerprint density at radius 3 is 2.64 bits per heavy atom. The minimum absolute atomic E-state index is 0.352. The number of halogens is 1. The van der Waals surface area contributed by atoms with Crippen molar-refractivity contribution >= 4 is 17.0 Å². The maximum atomic E-state index is 10.8. The van der Waals surface area contributed by atoms with E-state index in [4.69, 9.17) is 11.6 Å². The van der Waals surface area contributed by atoms with Crippen LogP contribution in [-0.2, 0) is 0 Å².